The Hall–Kier alpha value is -1.96. The van der Waals surface area contributed by atoms with Gasteiger partial charge in [0.15, 0.2) is 5.78 Å². The van der Waals surface area contributed by atoms with E-state index < -0.39 is 0 Å². The van der Waals surface area contributed by atoms with Gasteiger partial charge in [-0.3, -0.25) is 9.78 Å². The molecule has 0 amide bonds. The van der Waals surface area contributed by atoms with Crippen LogP contribution in [0, 0.1) is 13.8 Å². The molecule has 0 bridgehead atoms. The van der Waals surface area contributed by atoms with Gasteiger partial charge in [0.25, 0.3) is 0 Å². The molecular formula is C15H15NO. The van der Waals surface area contributed by atoms with Gasteiger partial charge in [-0.1, -0.05) is 29.8 Å². The number of hydrogen-bond acceptors (Lipinski definition) is 2. The van der Waals surface area contributed by atoms with E-state index in [1.165, 1.54) is 5.56 Å². The minimum atomic E-state index is 0.0672. The zero-order valence-electron chi connectivity index (χ0n) is 10.1. The molecule has 0 saturated carbocycles. The molecule has 2 rings (SSSR count). The molecule has 2 aromatic rings. The van der Waals surface area contributed by atoms with E-state index in [1.807, 2.05) is 50.2 Å². The largest absolute Gasteiger partial charge is 0.292 e. The third-order valence-electron chi connectivity index (χ3n) is 2.69. The zero-order chi connectivity index (χ0) is 12.3. The Kier molecular flexibility index (Phi) is 3.33. The lowest BCUT2D eigenvalue weighted by Crippen LogP contribution is -2.06. The number of hydrogen-bond donors (Lipinski definition) is 0. The van der Waals surface area contributed by atoms with Crippen molar-refractivity contribution in [2.45, 2.75) is 20.3 Å². The van der Waals surface area contributed by atoms with Gasteiger partial charge in [-0.2, -0.15) is 0 Å². The summed E-state index contributed by atoms with van der Waals surface area (Å²) in [4.78, 5) is 16.1. The summed E-state index contributed by atoms with van der Waals surface area (Å²) in [6.07, 6.45) is 2.09. The average molecular weight is 225 g/mol. The molecule has 2 heteroatoms. The van der Waals surface area contributed by atoms with E-state index in [9.17, 15) is 4.79 Å². The van der Waals surface area contributed by atoms with Crippen LogP contribution < -0.4 is 0 Å². The molecule has 17 heavy (non-hydrogen) atoms. The van der Waals surface area contributed by atoms with E-state index >= 15 is 0 Å². The normalized spacial score (nSPS) is 10.2. The maximum Gasteiger partial charge on any atom is 0.185 e. The summed E-state index contributed by atoms with van der Waals surface area (Å²) in [6, 6.07) is 11.7. The molecule has 0 aliphatic carbocycles. The summed E-state index contributed by atoms with van der Waals surface area (Å²) >= 11 is 0. The highest BCUT2D eigenvalue weighted by Crippen LogP contribution is 2.08. The van der Waals surface area contributed by atoms with E-state index in [1.54, 1.807) is 6.20 Å². The maximum atomic E-state index is 12.0. The van der Waals surface area contributed by atoms with Gasteiger partial charge >= 0.3 is 0 Å². The number of nitrogens with zero attached hydrogens (tertiary/aromatic N) is 1. The summed E-state index contributed by atoms with van der Waals surface area (Å²) in [5.41, 5.74) is 3.84. The highest BCUT2D eigenvalue weighted by molar-refractivity contribution is 5.95. The van der Waals surface area contributed by atoms with Gasteiger partial charge in [0, 0.05) is 12.6 Å². The third-order valence-corrected chi connectivity index (χ3v) is 2.69. The molecule has 0 N–H and O–H groups in total. The molecular weight excluding hydrogens is 210 g/mol. The van der Waals surface area contributed by atoms with Crippen LogP contribution in [0.4, 0.5) is 0 Å². The lowest BCUT2D eigenvalue weighted by molar-refractivity contribution is 0.0988. The van der Waals surface area contributed by atoms with Gasteiger partial charge in [0.2, 0.25) is 0 Å². The summed E-state index contributed by atoms with van der Waals surface area (Å²) < 4.78 is 0. The summed E-state index contributed by atoms with van der Waals surface area (Å²) in [5, 5.41) is 0. The van der Waals surface area contributed by atoms with E-state index in [0.717, 1.165) is 11.1 Å². The number of rotatable bonds is 3. The minimum Gasteiger partial charge on any atom is -0.292 e. The van der Waals surface area contributed by atoms with Crippen molar-refractivity contribution in [3.05, 3.63) is 65.0 Å². The maximum absolute atomic E-state index is 12.0. The van der Waals surface area contributed by atoms with Crippen LogP contribution >= 0.6 is 0 Å². The fourth-order valence-corrected chi connectivity index (χ4v) is 1.67. The Labute approximate surface area is 101 Å². The SMILES string of the molecule is Cc1ccc(CC(=O)c2cc(C)ccn2)cc1. The van der Waals surface area contributed by atoms with Crippen LogP contribution in [0.25, 0.3) is 0 Å². The van der Waals surface area contributed by atoms with Crippen LogP contribution in [0.2, 0.25) is 0 Å². The second-order valence-corrected chi connectivity index (χ2v) is 4.30. The van der Waals surface area contributed by atoms with Crippen molar-refractivity contribution in [2.75, 3.05) is 0 Å². The number of ketones is 1. The molecule has 0 atom stereocenters. The third kappa shape index (κ3) is 3.00. The molecule has 2 nitrogen and oxygen atoms in total. The lowest BCUT2D eigenvalue weighted by atomic mass is 10.0. The molecule has 0 radical (unpaired) electrons. The molecule has 1 aromatic heterocycles. The molecule has 86 valence electrons. The van der Waals surface area contributed by atoms with Crippen LogP contribution in [0.3, 0.4) is 0 Å². The first-order valence-corrected chi connectivity index (χ1v) is 5.66. The van der Waals surface area contributed by atoms with Crippen molar-refractivity contribution in [3.63, 3.8) is 0 Å². The van der Waals surface area contributed by atoms with Crippen molar-refractivity contribution in [1.29, 1.82) is 0 Å². The Morgan fingerprint density at radius 3 is 2.41 bits per heavy atom. The lowest BCUT2D eigenvalue weighted by Gasteiger charge is -2.02. The molecule has 0 aliphatic rings. The van der Waals surface area contributed by atoms with Crippen LogP contribution in [0.15, 0.2) is 42.6 Å². The Morgan fingerprint density at radius 2 is 1.76 bits per heavy atom. The summed E-state index contributed by atoms with van der Waals surface area (Å²) in [5.74, 6) is 0.0672. The predicted molar refractivity (Wildman–Crippen MR) is 68.2 cm³/mol. The van der Waals surface area contributed by atoms with Gasteiger partial charge in [-0.25, -0.2) is 0 Å². The highest BCUT2D eigenvalue weighted by Gasteiger charge is 2.08. The molecule has 0 saturated heterocycles. The van der Waals surface area contributed by atoms with E-state index in [0.29, 0.717) is 12.1 Å². The number of benzene rings is 1. The molecule has 0 aliphatic heterocycles. The topological polar surface area (TPSA) is 30.0 Å². The first kappa shape index (κ1) is 11.5. The molecule has 0 unspecified atom stereocenters. The van der Waals surface area contributed by atoms with E-state index in [4.69, 9.17) is 0 Å². The van der Waals surface area contributed by atoms with Gasteiger partial charge in [-0.15, -0.1) is 0 Å². The van der Waals surface area contributed by atoms with E-state index in [2.05, 4.69) is 4.98 Å². The standard InChI is InChI=1S/C15H15NO/c1-11-3-5-13(6-4-11)10-15(17)14-9-12(2)7-8-16-14/h3-9H,10H2,1-2H3. The van der Waals surface area contributed by atoms with Crippen molar-refractivity contribution in [1.82, 2.24) is 4.98 Å². The average Bonchev–Trinajstić information content (AvgIpc) is 2.32. The van der Waals surface area contributed by atoms with Crippen LogP contribution in [-0.4, -0.2) is 10.8 Å². The monoisotopic (exact) mass is 225 g/mol. The quantitative estimate of drug-likeness (QED) is 0.751. The first-order valence-electron chi connectivity index (χ1n) is 5.66. The predicted octanol–water partition coefficient (Wildman–Crippen LogP) is 3.12. The van der Waals surface area contributed by atoms with Gasteiger partial charge in [-0.05, 0) is 37.1 Å². The zero-order valence-corrected chi connectivity index (χ0v) is 10.1. The van der Waals surface area contributed by atoms with E-state index in [-0.39, 0.29) is 5.78 Å². The number of aromatic nitrogens is 1. The number of pyridine rings is 1. The fraction of sp³-hybridized carbons (Fsp3) is 0.200. The number of Topliss-reactive ketones (excluding diaryl/α,β-unsaturated/α-hetero) is 1. The van der Waals surface area contributed by atoms with Gasteiger partial charge < -0.3 is 0 Å². The van der Waals surface area contributed by atoms with Crippen LogP contribution in [-0.2, 0) is 6.42 Å². The second-order valence-electron chi connectivity index (χ2n) is 4.30. The number of carbonyl (C=O) groups is 1. The smallest absolute Gasteiger partial charge is 0.185 e. The summed E-state index contributed by atoms with van der Waals surface area (Å²) in [7, 11) is 0. The number of aryl methyl sites for hydroxylation is 2. The van der Waals surface area contributed by atoms with Gasteiger partial charge in [0.1, 0.15) is 5.69 Å². The Balaban J connectivity index is 2.14. The fourth-order valence-electron chi connectivity index (χ4n) is 1.67. The minimum absolute atomic E-state index is 0.0672. The number of carbonyl (C=O) groups excluding carboxylic acids is 1. The Morgan fingerprint density at radius 1 is 1.06 bits per heavy atom. The summed E-state index contributed by atoms with van der Waals surface area (Å²) in [6.45, 7) is 4.00. The Bertz CT molecular complexity index is 529. The molecule has 0 spiro atoms. The highest BCUT2D eigenvalue weighted by atomic mass is 16.1. The van der Waals surface area contributed by atoms with Crippen molar-refractivity contribution >= 4 is 5.78 Å². The van der Waals surface area contributed by atoms with Crippen molar-refractivity contribution in [2.24, 2.45) is 0 Å². The molecule has 1 aromatic carbocycles. The van der Waals surface area contributed by atoms with Crippen molar-refractivity contribution < 1.29 is 4.79 Å². The first-order chi connectivity index (χ1) is 8.15. The second kappa shape index (κ2) is 4.91. The van der Waals surface area contributed by atoms with Crippen LogP contribution in [0.1, 0.15) is 27.2 Å². The van der Waals surface area contributed by atoms with Crippen molar-refractivity contribution in [3.8, 4) is 0 Å². The van der Waals surface area contributed by atoms with Gasteiger partial charge in [0.05, 0.1) is 0 Å². The molecule has 0 fully saturated rings. The molecule has 1 heterocycles. The van der Waals surface area contributed by atoms with Crippen LogP contribution in [0.5, 0.6) is 0 Å².